The molecule has 0 aliphatic rings. The first-order valence-electron chi connectivity index (χ1n) is 5.47. The van der Waals surface area contributed by atoms with Crippen LogP contribution in [0.4, 0.5) is 4.39 Å². The van der Waals surface area contributed by atoms with Gasteiger partial charge in [-0.1, -0.05) is 19.9 Å². The van der Waals surface area contributed by atoms with Gasteiger partial charge in [-0.25, -0.2) is 4.39 Å². The van der Waals surface area contributed by atoms with Crippen LogP contribution >= 0.6 is 0 Å². The summed E-state index contributed by atoms with van der Waals surface area (Å²) in [6.45, 7) is 5.22. The zero-order valence-corrected chi connectivity index (χ0v) is 10.2. The zero-order chi connectivity index (χ0) is 13.1. The molecule has 0 aliphatic carbocycles. The summed E-state index contributed by atoms with van der Waals surface area (Å²) in [6, 6.07) is 4.12. The molecule has 0 aliphatic heterocycles. The number of carbonyl (C=O) groups is 1. The van der Waals surface area contributed by atoms with Crippen molar-refractivity contribution in [3.05, 3.63) is 29.6 Å². The van der Waals surface area contributed by atoms with E-state index in [4.69, 9.17) is 4.74 Å². The van der Waals surface area contributed by atoms with E-state index in [1.807, 2.05) is 13.8 Å². The molecule has 0 saturated carbocycles. The first-order valence-corrected chi connectivity index (χ1v) is 5.47. The highest BCUT2D eigenvalue weighted by Gasteiger charge is 2.26. The number of para-hydroxylation sites is 1. The van der Waals surface area contributed by atoms with Crippen LogP contribution in [-0.4, -0.2) is 23.6 Å². The molecule has 1 N–H and O–H groups in total. The lowest BCUT2D eigenvalue weighted by Crippen LogP contribution is -2.38. The molecule has 1 aromatic rings. The smallest absolute Gasteiger partial charge is 0.165 e. The fraction of sp³-hybridized carbons (Fsp3) is 0.462. The molecule has 1 aromatic carbocycles. The van der Waals surface area contributed by atoms with Crippen LogP contribution in [0.3, 0.4) is 0 Å². The summed E-state index contributed by atoms with van der Waals surface area (Å²) in [5.41, 5.74) is -0.924. The maximum atomic E-state index is 13.4. The Morgan fingerprint density at radius 1 is 1.53 bits per heavy atom. The third-order valence-corrected chi connectivity index (χ3v) is 2.88. The fourth-order valence-electron chi connectivity index (χ4n) is 1.16. The zero-order valence-electron chi connectivity index (χ0n) is 10.2. The molecule has 0 radical (unpaired) electrons. The van der Waals surface area contributed by atoms with Crippen molar-refractivity contribution in [2.24, 2.45) is 5.92 Å². The molecule has 0 amide bonds. The van der Waals surface area contributed by atoms with E-state index >= 15 is 0 Å². The van der Waals surface area contributed by atoms with E-state index in [0.29, 0.717) is 6.29 Å². The molecule has 0 heterocycles. The van der Waals surface area contributed by atoms with Crippen LogP contribution in [-0.2, 0) is 0 Å². The minimum Gasteiger partial charge on any atom is -0.487 e. The van der Waals surface area contributed by atoms with Gasteiger partial charge in [-0.05, 0) is 25.0 Å². The van der Waals surface area contributed by atoms with Gasteiger partial charge in [0.2, 0.25) is 0 Å². The van der Waals surface area contributed by atoms with Crippen molar-refractivity contribution in [2.45, 2.75) is 26.4 Å². The van der Waals surface area contributed by atoms with E-state index < -0.39 is 11.4 Å². The Hall–Kier alpha value is -1.42. The minimum absolute atomic E-state index is 0.0334. The standard InChI is InChI=1S/C13H17FO3/c1-9(2)13(3,16)8-17-12-10(7-15)5-4-6-11(12)14/h4-7,9,16H,8H2,1-3H3. The van der Waals surface area contributed by atoms with Gasteiger partial charge in [0.25, 0.3) is 0 Å². The van der Waals surface area contributed by atoms with Crippen molar-refractivity contribution in [3.63, 3.8) is 0 Å². The van der Waals surface area contributed by atoms with Gasteiger partial charge in [-0.2, -0.15) is 0 Å². The molecule has 1 unspecified atom stereocenters. The van der Waals surface area contributed by atoms with Gasteiger partial charge in [0.1, 0.15) is 6.61 Å². The van der Waals surface area contributed by atoms with Crippen molar-refractivity contribution in [1.82, 2.24) is 0 Å². The van der Waals surface area contributed by atoms with E-state index in [9.17, 15) is 14.3 Å². The summed E-state index contributed by atoms with van der Waals surface area (Å²) < 4.78 is 18.7. The first-order chi connectivity index (χ1) is 7.88. The Balaban J connectivity index is 2.86. The van der Waals surface area contributed by atoms with Gasteiger partial charge >= 0.3 is 0 Å². The minimum atomic E-state index is -1.07. The van der Waals surface area contributed by atoms with Gasteiger partial charge in [0.05, 0.1) is 11.2 Å². The van der Waals surface area contributed by atoms with Crippen LogP contribution in [0.15, 0.2) is 18.2 Å². The Morgan fingerprint density at radius 2 is 2.18 bits per heavy atom. The van der Waals surface area contributed by atoms with Crippen molar-refractivity contribution >= 4 is 6.29 Å². The summed E-state index contributed by atoms with van der Waals surface area (Å²) in [7, 11) is 0. The van der Waals surface area contributed by atoms with Gasteiger partial charge in [0, 0.05) is 0 Å². The molecule has 0 bridgehead atoms. The molecular formula is C13H17FO3. The van der Waals surface area contributed by atoms with Crippen LogP contribution in [0.5, 0.6) is 5.75 Å². The summed E-state index contributed by atoms with van der Waals surface area (Å²) in [5.74, 6) is -0.744. The van der Waals surface area contributed by atoms with Gasteiger partial charge in [-0.3, -0.25) is 4.79 Å². The predicted molar refractivity (Wildman–Crippen MR) is 62.7 cm³/mol. The van der Waals surface area contributed by atoms with Crippen LogP contribution < -0.4 is 4.74 Å². The number of carbonyl (C=O) groups excluding carboxylic acids is 1. The number of benzene rings is 1. The Labute approximate surface area is 100 Å². The van der Waals surface area contributed by atoms with E-state index in [1.54, 1.807) is 6.92 Å². The summed E-state index contributed by atoms with van der Waals surface area (Å²) >= 11 is 0. The maximum Gasteiger partial charge on any atom is 0.165 e. The molecular weight excluding hydrogens is 223 g/mol. The molecule has 0 spiro atoms. The SMILES string of the molecule is CC(C)C(C)(O)COc1c(F)cccc1C=O. The van der Waals surface area contributed by atoms with Crippen LogP contribution in [0.2, 0.25) is 0 Å². The molecule has 17 heavy (non-hydrogen) atoms. The Bertz CT molecular complexity index is 400. The molecule has 0 aromatic heterocycles. The predicted octanol–water partition coefficient (Wildman–Crippen LogP) is 2.42. The molecule has 4 heteroatoms. The van der Waals surface area contributed by atoms with Crippen molar-refractivity contribution in [1.29, 1.82) is 0 Å². The van der Waals surface area contributed by atoms with Crippen molar-refractivity contribution in [2.75, 3.05) is 6.61 Å². The number of ether oxygens (including phenoxy) is 1. The highest BCUT2D eigenvalue weighted by Crippen LogP contribution is 2.24. The largest absolute Gasteiger partial charge is 0.487 e. The van der Waals surface area contributed by atoms with E-state index in [0.717, 1.165) is 0 Å². The van der Waals surface area contributed by atoms with Gasteiger partial charge in [0.15, 0.2) is 17.9 Å². The summed E-state index contributed by atoms with van der Waals surface area (Å²) in [5, 5.41) is 9.97. The lowest BCUT2D eigenvalue weighted by Gasteiger charge is -2.27. The third-order valence-electron chi connectivity index (χ3n) is 2.88. The quantitative estimate of drug-likeness (QED) is 0.804. The highest BCUT2D eigenvalue weighted by molar-refractivity contribution is 5.79. The number of hydrogen-bond acceptors (Lipinski definition) is 3. The lowest BCUT2D eigenvalue weighted by atomic mass is 9.94. The van der Waals surface area contributed by atoms with Crippen molar-refractivity contribution in [3.8, 4) is 5.75 Å². The topological polar surface area (TPSA) is 46.5 Å². The lowest BCUT2D eigenvalue weighted by molar-refractivity contribution is -0.0276. The average molecular weight is 240 g/mol. The molecule has 0 saturated heterocycles. The van der Waals surface area contributed by atoms with Gasteiger partial charge in [-0.15, -0.1) is 0 Å². The normalized spacial score (nSPS) is 14.5. The van der Waals surface area contributed by atoms with Crippen molar-refractivity contribution < 1.29 is 19.0 Å². The number of aldehydes is 1. The number of aliphatic hydroxyl groups is 1. The first kappa shape index (κ1) is 13.6. The monoisotopic (exact) mass is 240 g/mol. The highest BCUT2D eigenvalue weighted by atomic mass is 19.1. The van der Waals surface area contributed by atoms with Gasteiger partial charge < -0.3 is 9.84 Å². The number of hydrogen-bond donors (Lipinski definition) is 1. The third kappa shape index (κ3) is 3.27. The fourth-order valence-corrected chi connectivity index (χ4v) is 1.16. The van der Waals surface area contributed by atoms with E-state index in [1.165, 1.54) is 18.2 Å². The number of halogens is 1. The van der Waals surface area contributed by atoms with E-state index in [-0.39, 0.29) is 23.8 Å². The molecule has 3 nitrogen and oxygen atoms in total. The Kier molecular flexibility index (Phi) is 4.23. The molecule has 1 atom stereocenters. The number of rotatable bonds is 5. The van der Waals surface area contributed by atoms with Crippen LogP contribution in [0.25, 0.3) is 0 Å². The Morgan fingerprint density at radius 3 is 2.71 bits per heavy atom. The average Bonchev–Trinajstić information content (AvgIpc) is 2.26. The maximum absolute atomic E-state index is 13.4. The van der Waals surface area contributed by atoms with E-state index in [2.05, 4.69) is 0 Å². The summed E-state index contributed by atoms with van der Waals surface area (Å²) in [6.07, 6.45) is 0.530. The second kappa shape index (κ2) is 5.27. The second-order valence-electron chi connectivity index (χ2n) is 4.58. The molecule has 94 valence electrons. The molecule has 1 rings (SSSR count). The second-order valence-corrected chi connectivity index (χ2v) is 4.58. The van der Waals surface area contributed by atoms with Crippen LogP contribution in [0, 0.1) is 11.7 Å². The van der Waals surface area contributed by atoms with Crippen LogP contribution in [0.1, 0.15) is 31.1 Å². The summed E-state index contributed by atoms with van der Waals surface area (Å²) in [4.78, 5) is 10.7. The molecule has 0 fully saturated rings.